The summed E-state index contributed by atoms with van der Waals surface area (Å²) in [7, 11) is 0. The summed E-state index contributed by atoms with van der Waals surface area (Å²) < 4.78 is 5.93. The summed E-state index contributed by atoms with van der Waals surface area (Å²) >= 11 is 1.03. The van der Waals surface area contributed by atoms with E-state index in [-0.39, 0.29) is 22.5 Å². The number of imide groups is 1. The van der Waals surface area contributed by atoms with Gasteiger partial charge < -0.3 is 9.72 Å². The van der Waals surface area contributed by atoms with Gasteiger partial charge in [0.15, 0.2) is 11.8 Å². The zero-order valence-electron chi connectivity index (χ0n) is 13.9. The monoisotopic (exact) mass is 368 g/mol. The Kier molecular flexibility index (Phi) is 4.34. The van der Waals surface area contributed by atoms with E-state index in [4.69, 9.17) is 4.74 Å². The summed E-state index contributed by atoms with van der Waals surface area (Å²) in [6.45, 7) is 1.91. The second-order valence-electron chi connectivity index (χ2n) is 5.99. The Hall–Kier alpha value is -2.87. The highest BCUT2D eigenvalue weighted by atomic mass is 32.2. The number of carbonyl (C=O) groups is 2. The Morgan fingerprint density at radius 3 is 2.73 bits per heavy atom. The molecule has 2 amide bonds. The maximum Gasteiger partial charge on any atom is 0.286 e. The molecule has 1 aliphatic rings. The Labute approximate surface area is 153 Å². The van der Waals surface area contributed by atoms with Crippen molar-refractivity contribution in [2.45, 2.75) is 24.7 Å². The molecule has 7 nitrogen and oxygen atoms in total. The van der Waals surface area contributed by atoms with E-state index in [1.165, 1.54) is 0 Å². The fourth-order valence-corrected chi connectivity index (χ4v) is 3.62. The number of pyridine rings is 1. The van der Waals surface area contributed by atoms with E-state index < -0.39 is 0 Å². The molecule has 4 rings (SSSR count). The van der Waals surface area contributed by atoms with E-state index in [0.717, 1.165) is 22.8 Å². The lowest BCUT2D eigenvalue weighted by Gasteiger charge is -2.13. The topological polar surface area (TPSA) is 97.0 Å². The Balaban J connectivity index is 1.42. The lowest BCUT2D eigenvalue weighted by atomic mass is 10.1. The molecular weight excluding hydrogens is 352 g/mol. The molecule has 1 fully saturated rings. The molecule has 3 aromatic rings. The average Bonchev–Trinajstić information content (AvgIpc) is 3.19. The molecule has 0 bridgehead atoms. The number of aromatic nitrogens is 3. The number of fused-ring (bicyclic) bond motifs is 1. The summed E-state index contributed by atoms with van der Waals surface area (Å²) in [5.41, 5.74) is 2.51. The molecular formula is C18H16N4O3S. The minimum atomic E-state index is -0.365. The van der Waals surface area contributed by atoms with Crippen LogP contribution in [0.4, 0.5) is 4.79 Å². The predicted octanol–water partition coefficient (Wildman–Crippen LogP) is 2.99. The lowest BCUT2D eigenvalue weighted by Crippen LogP contribution is -2.25. The van der Waals surface area contributed by atoms with Gasteiger partial charge in [-0.25, -0.2) is 9.97 Å². The minimum Gasteiger partial charge on any atom is -0.483 e. The van der Waals surface area contributed by atoms with Gasteiger partial charge in [0.25, 0.3) is 5.24 Å². The van der Waals surface area contributed by atoms with Crippen molar-refractivity contribution < 1.29 is 14.3 Å². The van der Waals surface area contributed by atoms with Crippen molar-refractivity contribution in [3.05, 3.63) is 54.0 Å². The summed E-state index contributed by atoms with van der Waals surface area (Å²) in [5.74, 6) is 1.18. The number of amides is 2. The van der Waals surface area contributed by atoms with Crippen LogP contribution in [0.25, 0.3) is 11.2 Å². The van der Waals surface area contributed by atoms with Crippen LogP contribution in [0.1, 0.15) is 24.4 Å². The highest BCUT2D eigenvalue weighted by molar-refractivity contribution is 8.15. The Morgan fingerprint density at radius 2 is 2.04 bits per heavy atom. The first kappa shape index (κ1) is 16.6. The number of thioether (sulfide) groups is 1. The number of imidazole rings is 1. The van der Waals surface area contributed by atoms with Crippen molar-refractivity contribution in [3.63, 3.8) is 0 Å². The first-order valence-corrected chi connectivity index (χ1v) is 9.04. The Morgan fingerprint density at radius 1 is 1.23 bits per heavy atom. The van der Waals surface area contributed by atoms with Gasteiger partial charge in [-0.2, -0.15) is 0 Å². The number of H-pyrrole nitrogens is 1. The van der Waals surface area contributed by atoms with Crippen LogP contribution in [0.5, 0.6) is 5.75 Å². The molecule has 1 saturated heterocycles. The number of nitrogens with zero attached hydrogens (tertiary/aromatic N) is 2. The SMILES string of the molecule is CC(Oc1ccc(CC2SC(=O)NC2=O)cc1)c1nc2ncccc2[nH]1. The highest BCUT2D eigenvalue weighted by Crippen LogP contribution is 2.25. The molecule has 2 N–H and O–H groups in total. The fraction of sp³-hybridized carbons (Fsp3) is 0.222. The van der Waals surface area contributed by atoms with Gasteiger partial charge in [0.1, 0.15) is 11.6 Å². The van der Waals surface area contributed by atoms with E-state index in [2.05, 4.69) is 20.3 Å². The maximum atomic E-state index is 11.6. The minimum absolute atomic E-state index is 0.229. The molecule has 0 spiro atoms. The van der Waals surface area contributed by atoms with Crippen molar-refractivity contribution in [2.75, 3.05) is 0 Å². The van der Waals surface area contributed by atoms with Crippen molar-refractivity contribution in [3.8, 4) is 5.75 Å². The third kappa shape index (κ3) is 3.41. The normalized spacial score (nSPS) is 18.1. The van der Waals surface area contributed by atoms with Crippen molar-refractivity contribution >= 4 is 34.1 Å². The zero-order chi connectivity index (χ0) is 18.1. The van der Waals surface area contributed by atoms with Crippen LogP contribution < -0.4 is 10.1 Å². The highest BCUT2D eigenvalue weighted by Gasteiger charge is 2.31. The fourth-order valence-electron chi connectivity index (χ4n) is 2.76. The molecule has 132 valence electrons. The number of rotatable bonds is 5. The summed E-state index contributed by atoms with van der Waals surface area (Å²) in [6, 6.07) is 11.3. The maximum absolute atomic E-state index is 11.6. The first-order valence-electron chi connectivity index (χ1n) is 8.16. The summed E-state index contributed by atoms with van der Waals surface area (Å²) in [5, 5.41) is 1.65. The van der Waals surface area contributed by atoms with Crippen LogP contribution in [-0.4, -0.2) is 31.3 Å². The molecule has 3 heterocycles. The van der Waals surface area contributed by atoms with Crippen LogP contribution in [0.3, 0.4) is 0 Å². The van der Waals surface area contributed by atoms with Gasteiger partial charge in [-0.05, 0) is 43.2 Å². The molecule has 26 heavy (non-hydrogen) atoms. The number of nitrogens with one attached hydrogen (secondary N) is 2. The molecule has 0 radical (unpaired) electrons. The van der Waals surface area contributed by atoms with Gasteiger partial charge in [-0.3, -0.25) is 14.9 Å². The van der Waals surface area contributed by atoms with Crippen molar-refractivity contribution in [1.29, 1.82) is 0 Å². The third-order valence-corrected chi connectivity index (χ3v) is 5.07. The van der Waals surface area contributed by atoms with Gasteiger partial charge in [-0.15, -0.1) is 0 Å². The zero-order valence-corrected chi connectivity index (χ0v) is 14.7. The number of hydrogen-bond donors (Lipinski definition) is 2. The summed E-state index contributed by atoms with van der Waals surface area (Å²) in [4.78, 5) is 34.7. The van der Waals surface area contributed by atoms with Crippen LogP contribution in [0.15, 0.2) is 42.6 Å². The number of benzene rings is 1. The van der Waals surface area contributed by atoms with Crippen LogP contribution in [0, 0.1) is 0 Å². The molecule has 2 aromatic heterocycles. The predicted molar refractivity (Wildman–Crippen MR) is 98.0 cm³/mol. The Bertz CT molecular complexity index is 937. The molecule has 1 aromatic carbocycles. The smallest absolute Gasteiger partial charge is 0.286 e. The largest absolute Gasteiger partial charge is 0.483 e. The third-order valence-electron chi connectivity index (χ3n) is 4.09. The molecule has 2 unspecified atom stereocenters. The number of ether oxygens (including phenoxy) is 1. The van der Waals surface area contributed by atoms with E-state index in [0.29, 0.717) is 23.6 Å². The standard InChI is InChI=1S/C18H16N4O3S/c1-10(15-20-13-3-2-8-19-16(13)21-15)25-12-6-4-11(5-7-12)9-14-17(23)22-18(24)26-14/h2-8,10,14H,9H2,1H3,(H,19,20,21)(H,22,23,24). The van der Waals surface area contributed by atoms with Gasteiger partial charge in [0.2, 0.25) is 5.91 Å². The van der Waals surface area contributed by atoms with Gasteiger partial charge in [-0.1, -0.05) is 23.9 Å². The van der Waals surface area contributed by atoms with E-state index in [1.807, 2.05) is 43.3 Å². The number of carbonyl (C=O) groups excluding carboxylic acids is 2. The number of hydrogen-bond acceptors (Lipinski definition) is 6. The van der Waals surface area contributed by atoms with E-state index in [1.54, 1.807) is 6.20 Å². The van der Waals surface area contributed by atoms with Crippen LogP contribution in [-0.2, 0) is 11.2 Å². The molecule has 8 heteroatoms. The van der Waals surface area contributed by atoms with Crippen LogP contribution >= 0.6 is 11.8 Å². The van der Waals surface area contributed by atoms with E-state index in [9.17, 15) is 9.59 Å². The summed E-state index contributed by atoms with van der Waals surface area (Å²) in [6.07, 6.45) is 1.95. The lowest BCUT2D eigenvalue weighted by molar-refractivity contribution is -0.118. The van der Waals surface area contributed by atoms with Gasteiger partial charge in [0.05, 0.1) is 10.8 Å². The van der Waals surface area contributed by atoms with Crippen molar-refractivity contribution in [1.82, 2.24) is 20.3 Å². The molecule has 2 atom stereocenters. The van der Waals surface area contributed by atoms with E-state index >= 15 is 0 Å². The number of aromatic amines is 1. The average molecular weight is 368 g/mol. The van der Waals surface area contributed by atoms with Crippen molar-refractivity contribution in [2.24, 2.45) is 0 Å². The quantitative estimate of drug-likeness (QED) is 0.719. The second kappa shape index (κ2) is 6.80. The first-order chi connectivity index (χ1) is 12.6. The van der Waals surface area contributed by atoms with Crippen LogP contribution in [0.2, 0.25) is 0 Å². The molecule has 1 aliphatic heterocycles. The molecule has 0 aliphatic carbocycles. The van der Waals surface area contributed by atoms with Gasteiger partial charge in [0, 0.05) is 6.20 Å². The second-order valence-corrected chi connectivity index (χ2v) is 7.16. The van der Waals surface area contributed by atoms with Gasteiger partial charge >= 0.3 is 0 Å². The molecule has 0 saturated carbocycles.